The third kappa shape index (κ3) is 3.43. The minimum absolute atomic E-state index is 0.0165. The highest BCUT2D eigenvalue weighted by molar-refractivity contribution is 5.77. The van der Waals surface area contributed by atoms with E-state index in [9.17, 15) is 4.79 Å². The second kappa shape index (κ2) is 5.99. The smallest absolute Gasteiger partial charge is 0.223 e. The summed E-state index contributed by atoms with van der Waals surface area (Å²) < 4.78 is 0. The van der Waals surface area contributed by atoms with Gasteiger partial charge in [-0.25, -0.2) is 0 Å². The monoisotopic (exact) mass is 254 g/mol. The van der Waals surface area contributed by atoms with E-state index >= 15 is 0 Å². The van der Waals surface area contributed by atoms with Gasteiger partial charge in [-0.3, -0.25) is 9.69 Å². The summed E-state index contributed by atoms with van der Waals surface area (Å²) >= 11 is 0. The zero-order valence-corrected chi connectivity index (χ0v) is 11.6. The van der Waals surface area contributed by atoms with Gasteiger partial charge in [0.25, 0.3) is 0 Å². The third-order valence-corrected chi connectivity index (χ3v) is 4.36. The number of likely N-dealkylation sites (tertiary alicyclic amines) is 1. The van der Waals surface area contributed by atoms with Gasteiger partial charge in [-0.1, -0.05) is 0 Å². The van der Waals surface area contributed by atoms with Crippen LogP contribution in [0.1, 0.15) is 12.8 Å². The highest BCUT2D eigenvalue weighted by Crippen LogP contribution is 2.19. The SMILES string of the molecule is CN1CCC(N2CCN(C)C[C@H](C(N)=O)C2)CC1. The molecule has 1 amide bonds. The van der Waals surface area contributed by atoms with Crippen molar-refractivity contribution in [3.05, 3.63) is 0 Å². The normalized spacial score (nSPS) is 30.2. The molecule has 1 atom stereocenters. The van der Waals surface area contributed by atoms with E-state index < -0.39 is 0 Å². The molecular weight excluding hydrogens is 228 g/mol. The topological polar surface area (TPSA) is 52.8 Å². The largest absolute Gasteiger partial charge is 0.369 e. The minimum atomic E-state index is -0.151. The molecule has 0 unspecified atom stereocenters. The molecular formula is C13H26N4O. The second-order valence-electron chi connectivity index (χ2n) is 5.89. The summed E-state index contributed by atoms with van der Waals surface area (Å²) in [5.41, 5.74) is 5.51. The fourth-order valence-electron chi connectivity index (χ4n) is 3.07. The quantitative estimate of drug-likeness (QED) is 0.717. The average molecular weight is 254 g/mol. The summed E-state index contributed by atoms with van der Waals surface area (Å²) in [5.74, 6) is -0.168. The first-order valence-electron chi connectivity index (χ1n) is 6.96. The van der Waals surface area contributed by atoms with Crippen LogP contribution in [0.25, 0.3) is 0 Å². The van der Waals surface area contributed by atoms with Gasteiger partial charge in [-0.05, 0) is 40.0 Å². The predicted molar refractivity (Wildman–Crippen MR) is 72.3 cm³/mol. The van der Waals surface area contributed by atoms with Crippen molar-refractivity contribution in [1.29, 1.82) is 0 Å². The van der Waals surface area contributed by atoms with Gasteiger partial charge in [0.15, 0.2) is 0 Å². The predicted octanol–water partition coefficient (Wildman–Crippen LogP) is -0.570. The van der Waals surface area contributed by atoms with E-state index in [1.807, 2.05) is 0 Å². The van der Waals surface area contributed by atoms with Crippen LogP contribution in [0.15, 0.2) is 0 Å². The lowest BCUT2D eigenvalue weighted by atomic mass is 10.0. The van der Waals surface area contributed by atoms with E-state index in [1.54, 1.807) is 0 Å². The van der Waals surface area contributed by atoms with Crippen LogP contribution in [-0.2, 0) is 4.79 Å². The van der Waals surface area contributed by atoms with Crippen LogP contribution in [0, 0.1) is 5.92 Å². The van der Waals surface area contributed by atoms with Crippen LogP contribution in [0.5, 0.6) is 0 Å². The molecule has 5 heteroatoms. The van der Waals surface area contributed by atoms with Gasteiger partial charge in [-0.2, -0.15) is 0 Å². The minimum Gasteiger partial charge on any atom is -0.369 e. The summed E-state index contributed by atoms with van der Waals surface area (Å²) in [6, 6.07) is 0.634. The summed E-state index contributed by atoms with van der Waals surface area (Å²) in [5, 5.41) is 0. The fourth-order valence-corrected chi connectivity index (χ4v) is 3.07. The van der Waals surface area contributed by atoms with Gasteiger partial charge >= 0.3 is 0 Å². The van der Waals surface area contributed by atoms with Crippen molar-refractivity contribution >= 4 is 5.91 Å². The van der Waals surface area contributed by atoms with E-state index in [-0.39, 0.29) is 11.8 Å². The molecule has 2 fully saturated rings. The molecule has 18 heavy (non-hydrogen) atoms. The first-order chi connectivity index (χ1) is 8.56. The Bertz CT molecular complexity index is 289. The Morgan fingerprint density at radius 3 is 2.28 bits per heavy atom. The molecule has 5 nitrogen and oxygen atoms in total. The van der Waals surface area contributed by atoms with E-state index in [2.05, 4.69) is 28.8 Å². The molecule has 0 aromatic carbocycles. The van der Waals surface area contributed by atoms with Gasteiger partial charge in [-0.15, -0.1) is 0 Å². The molecule has 2 saturated heterocycles. The van der Waals surface area contributed by atoms with Crippen molar-refractivity contribution in [2.45, 2.75) is 18.9 Å². The number of piperidine rings is 1. The van der Waals surface area contributed by atoms with Crippen LogP contribution in [0.4, 0.5) is 0 Å². The Kier molecular flexibility index (Phi) is 4.59. The first kappa shape index (κ1) is 13.8. The van der Waals surface area contributed by atoms with Gasteiger partial charge in [0.05, 0.1) is 5.92 Å². The Hall–Kier alpha value is -0.650. The van der Waals surface area contributed by atoms with Crippen molar-refractivity contribution in [2.24, 2.45) is 11.7 Å². The molecule has 104 valence electrons. The number of carbonyl (C=O) groups excluding carboxylic acids is 1. The number of primary amides is 1. The number of likely N-dealkylation sites (N-methyl/N-ethyl adjacent to an activating group) is 1. The summed E-state index contributed by atoms with van der Waals surface area (Å²) in [4.78, 5) is 18.6. The van der Waals surface area contributed by atoms with Crippen molar-refractivity contribution in [3.8, 4) is 0 Å². The number of hydrogen-bond acceptors (Lipinski definition) is 4. The molecule has 0 aliphatic carbocycles. The van der Waals surface area contributed by atoms with E-state index in [0.29, 0.717) is 6.04 Å². The molecule has 2 N–H and O–H groups in total. The Labute approximate surface area is 110 Å². The average Bonchev–Trinajstić information content (AvgIpc) is 2.52. The molecule has 2 heterocycles. The molecule has 2 aliphatic heterocycles. The van der Waals surface area contributed by atoms with Gasteiger partial charge < -0.3 is 15.5 Å². The van der Waals surface area contributed by atoms with E-state index in [4.69, 9.17) is 5.73 Å². The summed E-state index contributed by atoms with van der Waals surface area (Å²) in [7, 11) is 4.26. The zero-order chi connectivity index (χ0) is 13.1. The number of nitrogens with zero attached hydrogens (tertiary/aromatic N) is 3. The van der Waals surface area contributed by atoms with Crippen molar-refractivity contribution in [2.75, 3.05) is 53.4 Å². The number of amides is 1. The zero-order valence-electron chi connectivity index (χ0n) is 11.6. The second-order valence-corrected chi connectivity index (χ2v) is 5.89. The fraction of sp³-hybridized carbons (Fsp3) is 0.923. The lowest BCUT2D eigenvalue weighted by Gasteiger charge is -2.37. The van der Waals surface area contributed by atoms with Crippen molar-refractivity contribution < 1.29 is 4.79 Å². The van der Waals surface area contributed by atoms with Crippen LogP contribution in [-0.4, -0.2) is 80.0 Å². The van der Waals surface area contributed by atoms with Crippen molar-refractivity contribution in [1.82, 2.24) is 14.7 Å². The molecule has 0 spiro atoms. The van der Waals surface area contributed by atoms with E-state index in [0.717, 1.165) is 39.3 Å². The Morgan fingerprint density at radius 1 is 1.00 bits per heavy atom. The van der Waals surface area contributed by atoms with E-state index in [1.165, 1.54) is 12.8 Å². The maximum atomic E-state index is 11.5. The maximum absolute atomic E-state index is 11.5. The molecule has 0 aromatic heterocycles. The highest BCUT2D eigenvalue weighted by Gasteiger charge is 2.30. The highest BCUT2D eigenvalue weighted by atomic mass is 16.1. The van der Waals surface area contributed by atoms with Crippen LogP contribution in [0.3, 0.4) is 0 Å². The van der Waals surface area contributed by atoms with Crippen LogP contribution < -0.4 is 5.73 Å². The molecule has 0 aromatic rings. The van der Waals surface area contributed by atoms with Gasteiger partial charge in [0.1, 0.15) is 0 Å². The molecule has 2 aliphatic rings. The Balaban J connectivity index is 1.96. The third-order valence-electron chi connectivity index (χ3n) is 4.36. The van der Waals surface area contributed by atoms with Crippen molar-refractivity contribution in [3.63, 3.8) is 0 Å². The molecule has 0 saturated carbocycles. The maximum Gasteiger partial charge on any atom is 0.223 e. The number of rotatable bonds is 2. The summed E-state index contributed by atoms with van der Waals surface area (Å²) in [6.45, 7) is 6.08. The Morgan fingerprint density at radius 2 is 1.67 bits per heavy atom. The summed E-state index contributed by atoms with van der Waals surface area (Å²) in [6.07, 6.45) is 2.43. The lowest BCUT2D eigenvalue weighted by molar-refractivity contribution is -0.122. The molecule has 0 bridgehead atoms. The lowest BCUT2D eigenvalue weighted by Crippen LogP contribution is -2.47. The van der Waals surface area contributed by atoms with Gasteiger partial charge in [0, 0.05) is 32.2 Å². The number of carbonyl (C=O) groups is 1. The first-order valence-corrected chi connectivity index (χ1v) is 6.96. The number of hydrogen-bond donors (Lipinski definition) is 1. The number of nitrogens with two attached hydrogens (primary N) is 1. The van der Waals surface area contributed by atoms with Crippen LogP contribution >= 0.6 is 0 Å². The van der Waals surface area contributed by atoms with Crippen LogP contribution in [0.2, 0.25) is 0 Å². The molecule has 2 rings (SSSR count). The standard InChI is InChI=1S/C13H26N4O/c1-15-5-3-12(4-6-15)17-8-7-16(2)9-11(10-17)13(14)18/h11-12H,3-10H2,1-2H3,(H2,14,18)/t11-/m0/s1. The molecule has 0 radical (unpaired) electrons. The van der Waals surface area contributed by atoms with Gasteiger partial charge in [0.2, 0.25) is 5.91 Å².